The molecule has 2 heterocycles. The minimum atomic E-state index is -3.18. The third kappa shape index (κ3) is 5.45. The number of aromatic nitrogens is 4. The van der Waals surface area contributed by atoms with Gasteiger partial charge in [0.15, 0.2) is 31.6 Å². The average molecular weight is 498 g/mol. The molecule has 1 aromatic carbocycles. The van der Waals surface area contributed by atoms with Crippen LogP contribution in [-0.2, 0) is 32.3 Å². The Hall–Kier alpha value is -2.73. The van der Waals surface area contributed by atoms with E-state index in [0.29, 0.717) is 22.4 Å². The van der Waals surface area contributed by atoms with Crippen molar-refractivity contribution < 1.29 is 22.7 Å². The number of carbonyl (C=O) groups excluding carboxylic acids is 1. The SMILES string of the molecule is COC(=O)Cc1cccc(Cn2c(Br)nc3c(N)nc(OCCS(C)(=O)=O)nc32)c1. The minimum Gasteiger partial charge on any atom is -0.469 e. The molecule has 0 aliphatic rings. The minimum absolute atomic E-state index is 0.0308. The van der Waals surface area contributed by atoms with Crippen LogP contribution in [-0.4, -0.2) is 59.6 Å². The molecular formula is C18H20BrN5O5S. The van der Waals surface area contributed by atoms with Crippen LogP contribution < -0.4 is 10.5 Å². The van der Waals surface area contributed by atoms with Gasteiger partial charge >= 0.3 is 12.0 Å². The van der Waals surface area contributed by atoms with Crippen molar-refractivity contribution in [1.82, 2.24) is 19.5 Å². The molecule has 0 radical (unpaired) electrons. The molecule has 0 unspecified atom stereocenters. The molecule has 0 atom stereocenters. The summed E-state index contributed by atoms with van der Waals surface area (Å²) >= 11 is 3.41. The first kappa shape index (κ1) is 22.0. The van der Waals surface area contributed by atoms with E-state index in [1.807, 2.05) is 24.3 Å². The van der Waals surface area contributed by atoms with Crippen LogP contribution in [0.25, 0.3) is 11.2 Å². The van der Waals surface area contributed by atoms with Crippen molar-refractivity contribution >= 4 is 48.7 Å². The standard InChI is InChI=1S/C18H20BrN5O5S/c1-28-13(25)9-11-4-3-5-12(8-11)10-24-16-14(21-17(24)19)15(20)22-18(23-16)29-6-7-30(2,26)27/h3-5,8H,6-7,9-10H2,1-2H3,(H2,20,22,23). The summed E-state index contributed by atoms with van der Waals surface area (Å²) in [6.07, 6.45) is 1.29. The van der Waals surface area contributed by atoms with Crippen LogP contribution in [0.1, 0.15) is 11.1 Å². The summed E-state index contributed by atoms with van der Waals surface area (Å²) in [6, 6.07) is 7.46. The molecule has 0 amide bonds. The van der Waals surface area contributed by atoms with Crippen molar-refractivity contribution in [1.29, 1.82) is 0 Å². The van der Waals surface area contributed by atoms with Gasteiger partial charge in [-0.25, -0.2) is 13.4 Å². The van der Waals surface area contributed by atoms with Crippen molar-refractivity contribution in [3.63, 3.8) is 0 Å². The van der Waals surface area contributed by atoms with E-state index in [1.54, 1.807) is 4.57 Å². The second-order valence-electron chi connectivity index (χ2n) is 6.58. The predicted molar refractivity (Wildman–Crippen MR) is 114 cm³/mol. The van der Waals surface area contributed by atoms with Crippen molar-refractivity contribution in [3.8, 4) is 6.01 Å². The number of imidazole rings is 1. The molecule has 3 rings (SSSR count). The number of nitrogen functional groups attached to an aromatic ring is 1. The third-order valence-electron chi connectivity index (χ3n) is 4.15. The Bertz CT molecular complexity index is 1200. The molecule has 160 valence electrons. The number of carbonyl (C=O) groups is 1. The molecule has 2 N–H and O–H groups in total. The van der Waals surface area contributed by atoms with Gasteiger partial charge in [-0.05, 0) is 27.1 Å². The van der Waals surface area contributed by atoms with E-state index in [2.05, 4.69) is 30.9 Å². The lowest BCUT2D eigenvalue weighted by Gasteiger charge is -2.09. The number of anilines is 1. The first-order valence-corrected chi connectivity index (χ1v) is 11.7. The molecule has 12 heteroatoms. The average Bonchev–Trinajstić information content (AvgIpc) is 2.97. The van der Waals surface area contributed by atoms with Gasteiger partial charge in [0.1, 0.15) is 6.61 Å². The molecule has 0 aliphatic carbocycles. The molecule has 0 aliphatic heterocycles. The molecule has 0 bridgehead atoms. The molecule has 10 nitrogen and oxygen atoms in total. The lowest BCUT2D eigenvalue weighted by Crippen LogP contribution is -2.14. The number of halogens is 1. The fourth-order valence-corrected chi connectivity index (χ4v) is 3.58. The Morgan fingerprint density at radius 1 is 1.23 bits per heavy atom. The van der Waals surface area contributed by atoms with Gasteiger partial charge in [0, 0.05) is 6.26 Å². The molecular weight excluding hydrogens is 478 g/mol. The largest absolute Gasteiger partial charge is 0.469 e. The fraction of sp³-hybridized carbons (Fsp3) is 0.333. The van der Waals surface area contributed by atoms with Crippen molar-refractivity contribution in [2.75, 3.05) is 31.5 Å². The zero-order valence-electron chi connectivity index (χ0n) is 16.3. The van der Waals surface area contributed by atoms with Crippen LogP contribution in [0.15, 0.2) is 29.0 Å². The van der Waals surface area contributed by atoms with Crippen molar-refractivity contribution in [2.45, 2.75) is 13.0 Å². The van der Waals surface area contributed by atoms with Gasteiger partial charge in [0.05, 0.1) is 25.8 Å². The molecule has 0 saturated carbocycles. The fourth-order valence-electron chi connectivity index (χ4n) is 2.72. The zero-order valence-corrected chi connectivity index (χ0v) is 18.7. The first-order valence-electron chi connectivity index (χ1n) is 8.80. The zero-order chi connectivity index (χ0) is 21.9. The monoisotopic (exact) mass is 497 g/mol. The summed E-state index contributed by atoms with van der Waals surface area (Å²) in [4.78, 5) is 24.3. The Morgan fingerprint density at radius 3 is 2.67 bits per heavy atom. The molecule has 0 fully saturated rings. The Balaban J connectivity index is 1.89. The van der Waals surface area contributed by atoms with E-state index in [4.69, 9.17) is 15.2 Å². The van der Waals surface area contributed by atoms with Crippen LogP contribution in [0.3, 0.4) is 0 Å². The number of methoxy groups -OCH3 is 1. The maximum absolute atomic E-state index is 11.5. The number of sulfone groups is 1. The molecule has 0 saturated heterocycles. The van der Waals surface area contributed by atoms with E-state index >= 15 is 0 Å². The highest BCUT2D eigenvalue weighted by Crippen LogP contribution is 2.25. The van der Waals surface area contributed by atoms with Gasteiger partial charge in [0.25, 0.3) is 0 Å². The number of nitrogens with two attached hydrogens (primary N) is 1. The van der Waals surface area contributed by atoms with Crippen molar-refractivity contribution in [3.05, 3.63) is 40.1 Å². The number of fused-ring (bicyclic) bond motifs is 1. The van der Waals surface area contributed by atoms with Gasteiger partial charge < -0.3 is 15.2 Å². The number of benzene rings is 1. The summed E-state index contributed by atoms with van der Waals surface area (Å²) in [5, 5.41) is 0. The maximum atomic E-state index is 11.5. The molecule has 30 heavy (non-hydrogen) atoms. The first-order chi connectivity index (χ1) is 14.2. The van der Waals surface area contributed by atoms with Gasteiger partial charge in [-0.2, -0.15) is 9.97 Å². The van der Waals surface area contributed by atoms with E-state index in [-0.39, 0.29) is 36.6 Å². The van der Waals surface area contributed by atoms with Crippen molar-refractivity contribution in [2.24, 2.45) is 0 Å². The lowest BCUT2D eigenvalue weighted by atomic mass is 10.1. The second-order valence-corrected chi connectivity index (χ2v) is 9.55. The van der Waals surface area contributed by atoms with Crippen LogP contribution in [0, 0.1) is 0 Å². The summed E-state index contributed by atoms with van der Waals surface area (Å²) in [5.41, 5.74) is 8.54. The Kier molecular flexibility index (Phi) is 6.56. The topological polar surface area (TPSA) is 139 Å². The van der Waals surface area contributed by atoms with Crippen LogP contribution in [0.2, 0.25) is 0 Å². The Labute approximate surface area is 181 Å². The van der Waals surface area contributed by atoms with Crippen LogP contribution in [0.5, 0.6) is 6.01 Å². The number of hydrogen-bond acceptors (Lipinski definition) is 9. The number of rotatable bonds is 8. The highest BCUT2D eigenvalue weighted by molar-refractivity contribution is 9.10. The molecule has 2 aromatic heterocycles. The van der Waals surface area contributed by atoms with E-state index < -0.39 is 9.84 Å². The normalized spacial score (nSPS) is 11.6. The highest BCUT2D eigenvalue weighted by Gasteiger charge is 2.17. The summed E-state index contributed by atoms with van der Waals surface area (Å²) in [7, 11) is -1.83. The summed E-state index contributed by atoms with van der Waals surface area (Å²) in [5.74, 6) is -0.365. The molecule has 3 aromatic rings. The van der Waals surface area contributed by atoms with E-state index in [9.17, 15) is 13.2 Å². The number of nitrogens with zero attached hydrogens (tertiary/aromatic N) is 4. The lowest BCUT2D eigenvalue weighted by molar-refractivity contribution is -0.139. The quantitative estimate of drug-likeness (QED) is 0.360. The van der Waals surface area contributed by atoms with Gasteiger partial charge in [-0.3, -0.25) is 9.36 Å². The smallest absolute Gasteiger partial charge is 0.320 e. The van der Waals surface area contributed by atoms with Gasteiger partial charge in [-0.1, -0.05) is 24.3 Å². The third-order valence-corrected chi connectivity index (χ3v) is 5.66. The van der Waals surface area contributed by atoms with Gasteiger partial charge in [0.2, 0.25) is 0 Å². The number of ether oxygens (including phenoxy) is 2. The van der Waals surface area contributed by atoms with Gasteiger partial charge in [-0.15, -0.1) is 0 Å². The maximum Gasteiger partial charge on any atom is 0.320 e. The van der Waals surface area contributed by atoms with Crippen LogP contribution in [0.4, 0.5) is 5.82 Å². The Morgan fingerprint density at radius 2 is 1.97 bits per heavy atom. The predicted octanol–water partition coefficient (Wildman–Crippen LogP) is 1.36. The summed E-state index contributed by atoms with van der Waals surface area (Å²) in [6.45, 7) is 0.306. The second kappa shape index (κ2) is 8.96. The highest BCUT2D eigenvalue weighted by atomic mass is 79.9. The number of esters is 1. The van der Waals surface area contributed by atoms with E-state index in [0.717, 1.165) is 17.4 Å². The summed E-state index contributed by atoms with van der Waals surface area (Å²) < 4.78 is 34.9. The van der Waals surface area contributed by atoms with E-state index in [1.165, 1.54) is 7.11 Å². The van der Waals surface area contributed by atoms with Crippen LogP contribution >= 0.6 is 15.9 Å². The molecule has 0 spiro atoms. The number of hydrogen-bond donors (Lipinski definition) is 1.